The number of aryl methyl sites for hydroxylation is 1. The minimum atomic E-state index is -0.364. The summed E-state index contributed by atoms with van der Waals surface area (Å²) in [5.41, 5.74) is 8.28. The molecule has 0 aliphatic carbocycles. The van der Waals surface area contributed by atoms with Gasteiger partial charge >= 0.3 is 5.91 Å². The summed E-state index contributed by atoms with van der Waals surface area (Å²) in [7, 11) is 0. The Morgan fingerprint density at radius 1 is 1.35 bits per heavy atom. The van der Waals surface area contributed by atoms with Gasteiger partial charge < -0.3 is 9.32 Å². The molecule has 136 valence electrons. The van der Waals surface area contributed by atoms with Gasteiger partial charge in [-0.25, -0.2) is 5.43 Å². The van der Waals surface area contributed by atoms with E-state index in [0.717, 1.165) is 17.7 Å². The Hall–Kier alpha value is -2.82. The van der Waals surface area contributed by atoms with Gasteiger partial charge in [0.05, 0.1) is 18.0 Å². The summed E-state index contributed by atoms with van der Waals surface area (Å²) in [6.45, 7) is 11.8. The van der Waals surface area contributed by atoms with Crippen molar-refractivity contribution in [2.24, 2.45) is 5.10 Å². The molecule has 1 aromatic heterocycles. The molecule has 26 heavy (non-hydrogen) atoms. The van der Waals surface area contributed by atoms with Gasteiger partial charge in [0.2, 0.25) is 0 Å². The highest BCUT2D eigenvalue weighted by Crippen LogP contribution is 2.39. The zero-order valence-electron chi connectivity index (χ0n) is 16.0. The number of amides is 1. The van der Waals surface area contributed by atoms with E-state index in [-0.39, 0.29) is 17.2 Å². The molecule has 0 saturated heterocycles. The Bertz CT molecular complexity index is 877. The maximum atomic E-state index is 11.9. The van der Waals surface area contributed by atoms with Gasteiger partial charge in [-0.15, -0.1) is 0 Å². The van der Waals surface area contributed by atoms with Gasteiger partial charge in [0.25, 0.3) is 0 Å². The number of benzene rings is 1. The predicted molar refractivity (Wildman–Crippen MR) is 106 cm³/mol. The van der Waals surface area contributed by atoms with E-state index < -0.39 is 0 Å². The Morgan fingerprint density at radius 3 is 2.77 bits per heavy atom. The van der Waals surface area contributed by atoms with Crippen LogP contribution in [0, 0.1) is 6.92 Å². The molecular formula is C21H25N3O2. The lowest BCUT2D eigenvalue weighted by Gasteiger charge is -2.43. The molecule has 1 N–H and O–H groups in total. The van der Waals surface area contributed by atoms with Crippen molar-refractivity contribution in [1.82, 2.24) is 5.43 Å². The SMILES string of the molecule is CCN1c2cc(C)c(/C=N/NC(=O)c3ccco3)cc2C(C)=CC1(C)C. The quantitative estimate of drug-likeness (QED) is 0.657. The third kappa shape index (κ3) is 3.29. The summed E-state index contributed by atoms with van der Waals surface area (Å²) in [5.74, 6) is -0.124. The molecule has 2 aromatic rings. The smallest absolute Gasteiger partial charge is 0.307 e. The number of anilines is 1. The monoisotopic (exact) mass is 351 g/mol. The summed E-state index contributed by atoms with van der Waals surface area (Å²) in [4.78, 5) is 14.3. The van der Waals surface area contributed by atoms with Crippen LogP contribution in [0.15, 0.2) is 46.1 Å². The maximum Gasteiger partial charge on any atom is 0.307 e. The number of nitrogens with one attached hydrogen (secondary N) is 1. The highest BCUT2D eigenvalue weighted by atomic mass is 16.3. The summed E-state index contributed by atoms with van der Waals surface area (Å²) < 4.78 is 5.05. The number of allylic oxidation sites excluding steroid dienone is 1. The maximum absolute atomic E-state index is 11.9. The standard InChI is InChI=1S/C21H25N3O2/c1-6-24-18-10-14(2)16(11-17(18)15(3)12-21(24,4)5)13-22-23-20(25)19-8-7-9-26-19/h7-13H,6H2,1-5H3,(H,23,25)/b22-13+. The number of hydrogen-bond donors (Lipinski definition) is 1. The lowest BCUT2D eigenvalue weighted by Crippen LogP contribution is -2.45. The molecule has 0 atom stereocenters. The second-order valence-electron chi connectivity index (χ2n) is 7.13. The Balaban J connectivity index is 1.88. The zero-order chi connectivity index (χ0) is 18.9. The van der Waals surface area contributed by atoms with Crippen molar-refractivity contribution in [2.45, 2.75) is 40.2 Å². The van der Waals surface area contributed by atoms with Crippen LogP contribution in [0.1, 0.15) is 54.9 Å². The molecule has 1 aromatic carbocycles. The predicted octanol–water partition coefficient (Wildman–Crippen LogP) is 4.37. The first-order valence-corrected chi connectivity index (χ1v) is 8.82. The molecule has 0 saturated carbocycles. The zero-order valence-corrected chi connectivity index (χ0v) is 16.0. The normalized spacial score (nSPS) is 15.7. The molecule has 3 rings (SSSR count). The lowest BCUT2D eigenvalue weighted by molar-refractivity contribution is 0.0927. The van der Waals surface area contributed by atoms with Crippen LogP contribution in [0.25, 0.3) is 5.57 Å². The number of carbonyl (C=O) groups is 1. The molecule has 0 spiro atoms. The topological polar surface area (TPSA) is 57.8 Å². The van der Waals surface area contributed by atoms with Crippen molar-refractivity contribution in [3.8, 4) is 0 Å². The fourth-order valence-electron chi connectivity index (χ4n) is 3.58. The van der Waals surface area contributed by atoms with Crippen LogP contribution in [0.2, 0.25) is 0 Å². The second kappa shape index (κ2) is 6.83. The molecule has 2 heterocycles. The third-order valence-electron chi connectivity index (χ3n) is 4.80. The molecule has 0 bridgehead atoms. The molecule has 0 unspecified atom stereocenters. The number of rotatable bonds is 4. The summed E-state index contributed by atoms with van der Waals surface area (Å²) in [6.07, 6.45) is 5.44. The molecule has 1 aliphatic rings. The fourth-order valence-corrected chi connectivity index (χ4v) is 3.58. The van der Waals surface area contributed by atoms with Crippen molar-refractivity contribution in [3.05, 3.63) is 59.1 Å². The summed E-state index contributed by atoms with van der Waals surface area (Å²) in [6, 6.07) is 7.61. The van der Waals surface area contributed by atoms with Gasteiger partial charge in [-0.05, 0) is 75.6 Å². The van der Waals surface area contributed by atoms with Crippen molar-refractivity contribution in [3.63, 3.8) is 0 Å². The first-order chi connectivity index (χ1) is 12.3. The number of hydrogen-bond acceptors (Lipinski definition) is 4. The molecule has 0 fully saturated rings. The van der Waals surface area contributed by atoms with E-state index in [4.69, 9.17) is 4.42 Å². The second-order valence-corrected chi connectivity index (χ2v) is 7.13. The highest BCUT2D eigenvalue weighted by Gasteiger charge is 2.30. The van der Waals surface area contributed by atoms with Gasteiger partial charge in [-0.1, -0.05) is 6.08 Å². The largest absolute Gasteiger partial charge is 0.459 e. The summed E-state index contributed by atoms with van der Waals surface area (Å²) in [5, 5.41) is 4.08. The van der Waals surface area contributed by atoms with Crippen LogP contribution in [0.4, 0.5) is 5.69 Å². The van der Waals surface area contributed by atoms with Crippen LogP contribution >= 0.6 is 0 Å². The van der Waals surface area contributed by atoms with Gasteiger partial charge in [-0.2, -0.15) is 5.10 Å². The number of nitrogens with zero attached hydrogens (tertiary/aromatic N) is 2. The molecule has 5 heteroatoms. The Kier molecular flexibility index (Phi) is 4.72. The van der Waals surface area contributed by atoms with E-state index in [9.17, 15) is 4.79 Å². The van der Waals surface area contributed by atoms with E-state index in [0.29, 0.717) is 0 Å². The van der Waals surface area contributed by atoms with Crippen molar-refractivity contribution in [2.75, 3.05) is 11.4 Å². The number of fused-ring (bicyclic) bond motifs is 1. The number of hydrazone groups is 1. The van der Waals surface area contributed by atoms with Gasteiger partial charge in [0, 0.05) is 17.8 Å². The Morgan fingerprint density at radius 2 is 2.12 bits per heavy atom. The van der Waals surface area contributed by atoms with Crippen molar-refractivity contribution in [1.29, 1.82) is 0 Å². The number of likely N-dealkylation sites (N-methyl/N-ethyl adjacent to an activating group) is 1. The molecular weight excluding hydrogens is 326 g/mol. The molecule has 0 radical (unpaired) electrons. The minimum absolute atomic E-state index is 0.00903. The van der Waals surface area contributed by atoms with E-state index in [1.165, 1.54) is 23.1 Å². The molecule has 1 aliphatic heterocycles. The van der Waals surface area contributed by atoms with Crippen LogP contribution in [0.5, 0.6) is 0 Å². The van der Waals surface area contributed by atoms with Gasteiger partial charge in [0.15, 0.2) is 5.76 Å². The highest BCUT2D eigenvalue weighted by molar-refractivity contribution is 5.93. The van der Waals surface area contributed by atoms with E-state index in [2.05, 4.69) is 68.3 Å². The fraction of sp³-hybridized carbons (Fsp3) is 0.333. The Labute approximate surface area is 154 Å². The minimum Gasteiger partial charge on any atom is -0.459 e. The van der Waals surface area contributed by atoms with Crippen LogP contribution in [0.3, 0.4) is 0 Å². The first kappa shape index (κ1) is 18.0. The summed E-state index contributed by atoms with van der Waals surface area (Å²) >= 11 is 0. The van der Waals surface area contributed by atoms with E-state index in [1.807, 2.05) is 0 Å². The van der Waals surface area contributed by atoms with Gasteiger partial charge in [-0.3, -0.25) is 4.79 Å². The molecule has 5 nitrogen and oxygen atoms in total. The third-order valence-corrected chi connectivity index (χ3v) is 4.80. The number of furan rings is 1. The molecule has 1 amide bonds. The van der Waals surface area contributed by atoms with E-state index in [1.54, 1.807) is 18.3 Å². The average Bonchev–Trinajstić information content (AvgIpc) is 3.10. The van der Waals surface area contributed by atoms with Crippen LogP contribution in [-0.4, -0.2) is 24.2 Å². The van der Waals surface area contributed by atoms with Crippen molar-refractivity contribution >= 4 is 23.4 Å². The van der Waals surface area contributed by atoms with E-state index >= 15 is 0 Å². The van der Waals surface area contributed by atoms with Crippen molar-refractivity contribution < 1.29 is 9.21 Å². The lowest BCUT2D eigenvalue weighted by atomic mass is 9.87. The average molecular weight is 351 g/mol. The number of carbonyl (C=O) groups excluding carboxylic acids is 1. The van der Waals surface area contributed by atoms with Crippen LogP contribution in [-0.2, 0) is 0 Å². The van der Waals surface area contributed by atoms with Crippen LogP contribution < -0.4 is 10.3 Å². The first-order valence-electron chi connectivity index (χ1n) is 8.82. The van der Waals surface area contributed by atoms with Gasteiger partial charge in [0.1, 0.15) is 0 Å².